The predicted molar refractivity (Wildman–Crippen MR) is 248 cm³/mol. The molecule has 4 aromatic carbocycles. The molecule has 2 aromatic heterocycles. The lowest BCUT2D eigenvalue weighted by Crippen LogP contribution is -2.40. The minimum atomic E-state index is -2.31. The number of hydrogen-bond acceptors (Lipinski definition) is 12. The summed E-state index contributed by atoms with van der Waals surface area (Å²) in [6.45, 7) is 1.93. The van der Waals surface area contributed by atoms with Gasteiger partial charge in [0.15, 0.2) is 34.1 Å². The zero-order chi connectivity index (χ0) is 47.2. The summed E-state index contributed by atoms with van der Waals surface area (Å²) in [5.74, 6) is -13.6. The van der Waals surface area contributed by atoms with E-state index in [1.807, 2.05) is 16.8 Å². The maximum absolute atomic E-state index is 14.0. The lowest BCUT2D eigenvalue weighted by Gasteiger charge is -2.34. The number of aliphatic hydroxyl groups excluding tert-OH is 2. The van der Waals surface area contributed by atoms with Crippen LogP contribution in [0, 0.1) is 29.1 Å². The Morgan fingerprint density at radius 1 is 0.582 bits per heavy atom. The van der Waals surface area contributed by atoms with Gasteiger partial charge in [-0.3, -0.25) is 9.59 Å². The van der Waals surface area contributed by atoms with Gasteiger partial charge in [-0.15, -0.1) is 24.8 Å². The number of fused-ring (bicyclic) bond motifs is 2. The van der Waals surface area contributed by atoms with Gasteiger partial charge in [-0.05, 0) is 76.5 Å². The first-order valence-electron chi connectivity index (χ1n) is 19.9. The molecule has 4 heterocycles. The number of likely N-dealkylation sites (tertiary alicyclic amines) is 2. The van der Waals surface area contributed by atoms with Crippen LogP contribution in [0.1, 0.15) is 58.5 Å². The minimum Gasteiger partial charge on any atom is -0.507 e. The highest BCUT2D eigenvalue weighted by Gasteiger charge is 2.34. The number of likely N-dealkylation sites (N-methyl/N-ethyl adjacent to an activating group) is 2. The highest BCUT2D eigenvalue weighted by atomic mass is 35.5. The van der Waals surface area contributed by atoms with Crippen molar-refractivity contribution in [1.29, 1.82) is 0 Å². The Morgan fingerprint density at radius 3 is 1.34 bits per heavy atom. The Hall–Kier alpha value is -5.37. The second-order valence-electron chi connectivity index (χ2n) is 15.8. The van der Waals surface area contributed by atoms with Crippen molar-refractivity contribution in [2.75, 3.05) is 40.3 Å². The molecule has 4 atom stereocenters. The summed E-state index contributed by atoms with van der Waals surface area (Å²) in [6.07, 6.45) is 3.76. The number of nitrogens with zero attached hydrogens (tertiary/aromatic N) is 2. The van der Waals surface area contributed by atoms with Crippen molar-refractivity contribution in [3.8, 4) is 23.0 Å². The van der Waals surface area contributed by atoms with Crippen molar-refractivity contribution < 1.29 is 61.4 Å². The van der Waals surface area contributed by atoms with Gasteiger partial charge < -0.3 is 49.3 Å². The molecule has 4 unspecified atom stereocenters. The molecule has 12 nitrogen and oxygen atoms in total. The second kappa shape index (κ2) is 21.3. The molecule has 0 spiro atoms. The van der Waals surface area contributed by atoms with Crippen LogP contribution >= 0.6 is 48.0 Å². The predicted octanol–water partition coefficient (Wildman–Crippen LogP) is 9.16. The third-order valence-electron chi connectivity index (χ3n) is 11.4. The number of hydrogen-bond donors (Lipinski definition) is 6. The average molecular weight is 1020 g/mol. The van der Waals surface area contributed by atoms with Gasteiger partial charge in [0.25, 0.3) is 0 Å². The van der Waals surface area contributed by atoms with E-state index in [2.05, 4.69) is 0 Å². The standard InChI is InChI=1S/C23H21Cl2NO5.C23H18F5NO5.2ClH/c1-26-8-7-14(20(30)11-26)21-18(28)10-19(29)22-17(27)9-12(31-23(21)22)5-6-13-15(24)3-2-4-16(13)25;1-29-5-4-10(15(33)8-29)16-13(31)7-14(32)17-12(30)6-9(34-23(16)17)2-3-11-18(24)20(26)22(28)21(27)19(11)25;;/h2-6,9-10,14,20,28-30H,7-8,11H2,1H3;2-3,6-7,10,15,31-33H,4-5,8H2,1H3;2*1H/b6-5+;3-2+;;. The molecule has 0 saturated carbocycles. The fourth-order valence-electron chi connectivity index (χ4n) is 8.18. The quantitative estimate of drug-likeness (QED) is 0.0529. The van der Waals surface area contributed by atoms with Crippen molar-refractivity contribution >= 4 is 94.3 Å². The summed E-state index contributed by atoms with van der Waals surface area (Å²) < 4.78 is 79.7. The van der Waals surface area contributed by atoms with Gasteiger partial charge in [0, 0.05) is 75.9 Å². The van der Waals surface area contributed by atoms with E-state index in [1.165, 1.54) is 6.07 Å². The molecular weight excluding hydrogens is 977 g/mol. The van der Waals surface area contributed by atoms with Crippen LogP contribution in [0.3, 0.4) is 0 Å². The van der Waals surface area contributed by atoms with Crippen LogP contribution in [0.5, 0.6) is 23.0 Å². The first-order valence-corrected chi connectivity index (χ1v) is 20.6. The molecule has 6 N–H and O–H groups in total. The molecule has 2 aliphatic rings. The van der Waals surface area contributed by atoms with Crippen LogP contribution < -0.4 is 10.9 Å². The van der Waals surface area contributed by atoms with Crippen molar-refractivity contribution in [2.24, 2.45) is 0 Å². The number of benzene rings is 4. The molecule has 21 heteroatoms. The fraction of sp³-hybridized carbons (Fsp3) is 0.261. The van der Waals surface area contributed by atoms with Gasteiger partial charge in [-0.2, -0.15) is 0 Å². The summed E-state index contributed by atoms with van der Waals surface area (Å²) >= 11 is 12.4. The molecule has 0 radical (unpaired) electrons. The summed E-state index contributed by atoms with van der Waals surface area (Å²) in [5, 5.41) is 63.3. The molecule has 0 bridgehead atoms. The molecule has 67 heavy (non-hydrogen) atoms. The van der Waals surface area contributed by atoms with Gasteiger partial charge in [0.05, 0.1) is 17.8 Å². The number of phenolic OH excluding ortho intramolecular Hbond substituents is 4. The van der Waals surface area contributed by atoms with Crippen LogP contribution in [0.2, 0.25) is 10.0 Å². The highest BCUT2D eigenvalue weighted by molar-refractivity contribution is 6.37. The molecule has 8 rings (SSSR count). The summed E-state index contributed by atoms with van der Waals surface area (Å²) in [5.41, 5.74) is -1.78. The summed E-state index contributed by atoms with van der Waals surface area (Å²) in [4.78, 5) is 29.3. The van der Waals surface area contributed by atoms with E-state index in [0.29, 0.717) is 59.7 Å². The molecule has 6 aromatic rings. The number of aromatic hydroxyl groups is 4. The number of halogens is 9. The average Bonchev–Trinajstić information content (AvgIpc) is 3.23. The first-order chi connectivity index (χ1) is 30.8. The normalized spacial score (nSPS) is 19.1. The summed E-state index contributed by atoms with van der Waals surface area (Å²) in [6, 6.07) is 9.27. The van der Waals surface area contributed by atoms with Crippen molar-refractivity contribution in [1.82, 2.24) is 9.80 Å². The maximum atomic E-state index is 14.0. The van der Waals surface area contributed by atoms with E-state index in [0.717, 1.165) is 24.3 Å². The van der Waals surface area contributed by atoms with E-state index in [-0.39, 0.29) is 81.9 Å². The number of piperidine rings is 2. The third kappa shape index (κ3) is 10.5. The Balaban J connectivity index is 0.000000244. The Labute approximate surface area is 399 Å². The summed E-state index contributed by atoms with van der Waals surface area (Å²) in [7, 11) is 3.69. The van der Waals surface area contributed by atoms with E-state index in [1.54, 1.807) is 37.4 Å². The van der Waals surface area contributed by atoms with Crippen molar-refractivity contribution in [3.63, 3.8) is 0 Å². The van der Waals surface area contributed by atoms with Crippen molar-refractivity contribution in [2.45, 2.75) is 36.9 Å². The first kappa shape index (κ1) is 52.6. The van der Waals surface area contributed by atoms with Gasteiger partial charge in [-0.25, -0.2) is 22.0 Å². The molecule has 358 valence electrons. The van der Waals surface area contributed by atoms with Crippen LogP contribution in [0.25, 0.3) is 46.2 Å². The molecule has 0 amide bonds. The number of phenols is 4. The SMILES string of the molecule is CN1CCC(c2c(O)cc(O)c3c(=O)cc(/C=C/c4c(Cl)cccc4Cl)oc23)C(O)C1.CN1CCC(c2c(O)cc(O)c3c(=O)cc(/C=C/c4c(F)c(F)c(F)c(F)c4F)oc23)C(O)C1.Cl.Cl. The zero-order valence-electron chi connectivity index (χ0n) is 35.1. The largest absolute Gasteiger partial charge is 0.507 e. The fourth-order valence-corrected chi connectivity index (χ4v) is 8.71. The Kier molecular flexibility index (Phi) is 16.7. The van der Waals surface area contributed by atoms with Crippen LogP contribution in [0.4, 0.5) is 22.0 Å². The van der Waals surface area contributed by atoms with Crippen LogP contribution in [-0.2, 0) is 0 Å². The Morgan fingerprint density at radius 2 is 0.955 bits per heavy atom. The monoisotopic (exact) mass is 1020 g/mol. The number of aliphatic hydroxyl groups is 2. The minimum absolute atomic E-state index is 0. The topological polar surface area (TPSA) is 188 Å². The zero-order valence-corrected chi connectivity index (χ0v) is 38.2. The maximum Gasteiger partial charge on any atom is 0.200 e. The van der Waals surface area contributed by atoms with E-state index in [9.17, 15) is 62.2 Å². The Bertz CT molecular complexity index is 2990. The van der Waals surface area contributed by atoms with Crippen LogP contribution in [0.15, 0.2) is 60.9 Å². The lowest BCUT2D eigenvalue weighted by molar-refractivity contribution is 0.0629. The third-order valence-corrected chi connectivity index (χ3v) is 12.1. The smallest absolute Gasteiger partial charge is 0.200 e. The molecular formula is C46H41Cl4F5N2O10. The van der Waals surface area contributed by atoms with Gasteiger partial charge >= 0.3 is 0 Å². The van der Waals surface area contributed by atoms with E-state index in [4.69, 9.17) is 32.0 Å². The molecule has 2 saturated heterocycles. The van der Waals surface area contributed by atoms with Crippen LogP contribution in [-0.4, -0.2) is 92.9 Å². The van der Waals surface area contributed by atoms with Gasteiger partial charge in [-0.1, -0.05) is 29.3 Å². The van der Waals surface area contributed by atoms with Gasteiger partial charge in [0.1, 0.15) is 56.5 Å². The molecule has 0 aliphatic carbocycles. The number of β-amino-alcohol motifs (C(OH)–C–C–N with tert-alkyl or cyclic N) is 2. The lowest BCUT2D eigenvalue weighted by atomic mass is 9.85. The van der Waals surface area contributed by atoms with E-state index >= 15 is 0 Å². The number of rotatable bonds is 6. The highest BCUT2D eigenvalue weighted by Crippen LogP contribution is 2.44. The van der Waals surface area contributed by atoms with Crippen molar-refractivity contribution in [3.05, 3.63) is 136 Å². The van der Waals surface area contributed by atoms with Gasteiger partial charge in [0.2, 0.25) is 5.82 Å². The van der Waals surface area contributed by atoms with E-state index < -0.39 is 81.0 Å². The molecule has 2 fully saturated rings. The second-order valence-corrected chi connectivity index (χ2v) is 16.6. The molecule has 2 aliphatic heterocycles.